The number of hydrogen-bond acceptors (Lipinski definition) is 3. The second-order valence-electron chi connectivity index (χ2n) is 6.24. The molecule has 0 saturated heterocycles. The van der Waals surface area contributed by atoms with Crippen LogP contribution in [0.3, 0.4) is 0 Å². The first-order valence-electron chi connectivity index (χ1n) is 7.42. The molecule has 8 heteroatoms. The number of alkyl halides is 2. The molecule has 0 aliphatic heterocycles. The third-order valence-electron chi connectivity index (χ3n) is 4.62. The van der Waals surface area contributed by atoms with Gasteiger partial charge in [0.25, 0.3) is 0 Å². The van der Waals surface area contributed by atoms with Crippen molar-refractivity contribution in [3.05, 3.63) is 12.2 Å². The number of carboxylic acid groups (broad SMARTS) is 1. The van der Waals surface area contributed by atoms with Gasteiger partial charge in [-0.25, -0.2) is 21.9 Å². The summed E-state index contributed by atoms with van der Waals surface area (Å²) >= 11 is 0. The largest absolute Gasteiger partial charge is 0.481 e. The second kappa shape index (κ2) is 6.62. The molecule has 0 heterocycles. The van der Waals surface area contributed by atoms with Crippen LogP contribution in [0.15, 0.2) is 12.2 Å². The van der Waals surface area contributed by atoms with E-state index in [-0.39, 0.29) is 25.7 Å². The molecule has 2 rings (SSSR count). The Labute approximate surface area is 128 Å². The Bertz CT molecular complexity index is 541. The van der Waals surface area contributed by atoms with Crippen molar-refractivity contribution in [2.45, 2.75) is 51.0 Å². The van der Waals surface area contributed by atoms with Crippen molar-refractivity contribution < 1.29 is 27.1 Å². The second-order valence-corrected chi connectivity index (χ2v) is 8.00. The number of allylic oxidation sites excluding steroid dienone is 1. The average Bonchev–Trinajstić information content (AvgIpc) is 2.87. The summed E-state index contributed by atoms with van der Waals surface area (Å²) in [5.41, 5.74) is -1.49. The van der Waals surface area contributed by atoms with Gasteiger partial charge in [0.15, 0.2) is 0 Å². The molecule has 126 valence electrons. The lowest BCUT2D eigenvalue weighted by atomic mass is 9.89. The van der Waals surface area contributed by atoms with Crippen LogP contribution in [0.2, 0.25) is 0 Å². The summed E-state index contributed by atoms with van der Waals surface area (Å²) in [7, 11) is -3.96. The molecule has 0 bridgehead atoms. The number of carbonyl (C=O) groups is 1. The number of aliphatic carboxylic acids is 1. The van der Waals surface area contributed by atoms with Crippen LogP contribution < -0.4 is 4.72 Å². The maximum absolute atomic E-state index is 13.3. The van der Waals surface area contributed by atoms with E-state index in [4.69, 9.17) is 5.11 Å². The highest BCUT2D eigenvalue weighted by atomic mass is 32.2. The van der Waals surface area contributed by atoms with Crippen molar-refractivity contribution in [1.29, 1.82) is 0 Å². The van der Waals surface area contributed by atoms with E-state index in [0.29, 0.717) is 12.8 Å². The summed E-state index contributed by atoms with van der Waals surface area (Å²) in [5.74, 6) is -2.57. The first-order chi connectivity index (χ1) is 10.3. The van der Waals surface area contributed by atoms with Gasteiger partial charge >= 0.3 is 5.97 Å². The third kappa shape index (κ3) is 3.84. The van der Waals surface area contributed by atoms with E-state index in [1.54, 1.807) is 12.2 Å². The minimum absolute atomic E-state index is 0.193. The summed E-state index contributed by atoms with van der Waals surface area (Å²) in [6.07, 6.45) is 2.81. The summed E-state index contributed by atoms with van der Waals surface area (Å²) in [4.78, 5) is 11.2. The van der Waals surface area contributed by atoms with Crippen LogP contribution in [0.25, 0.3) is 0 Å². The van der Waals surface area contributed by atoms with E-state index in [1.165, 1.54) is 0 Å². The molecule has 0 aromatic rings. The molecule has 0 aromatic heterocycles. The van der Waals surface area contributed by atoms with Crippen LogP contribution in [0.1, 0.15) is 38.5 Å². The van der Waals surface area contributed by atoms with Gasteiger partial charge in [0.1, 0.15) is 0 Å². The zero-order valence-corrected chi connectivity index (χ0v) is 13.0. The van der Waals surface area contributed by atoms with Gasteiger partial charge in [-0.3, -0.25) is 4.79 Å². The highest BCUT2D eigenvalue weighted by Crippen LogP contribution is 2.44. The van der Waals surface area contributed by atoms with Crippen LogP contribution in [0.5, 0.6) is 0 Å². The van der Waals surface area contributed by atoms with Crippen LogP contribution in [0, 0.1) is 11.3 Å². The van der Waals surface area contributed by atoms with Crippen molar-refractivity contribution >= 4 is 16.0 Å². The number of hydrogen-bond donors (Lipinski definition) is 2. The van der Waals surface area contributed by atoms with E-state index in [0.717, 1.165) is 0 Å². The van der Waals surface area contributed by atoms with Gasteiger partial charge in [-0.2, -0.15) is 0 Å². The Hall–Kier alpha value is -1.02. The predicted molar refractivity (Wildman–Crippen MR) is 77.1 cm³/mol. The fourth-order valence-corrected chi connectivity index (χ4v) is 5.35. The number of nitrogens with one attached hydrogen (secondary N) is 1. The zero-order chi connectivity index (χ0) is 16.4. The lowest BCUT2D eigenvalue weighted by molar-refractivity contribution is -0.142. The first kappa shape index (κ1) is 17.3. The minimum atomic E-state index is -3.96. The van der Waals surface area contributed by atoms with Crippen LogP contribution in [0.4, 0.5) is 8.78 Å². The summed E-state index contributed by atoms with van der Waals surface area (Å²) in [6, 6.07) is -0.774. The number of halogens is 2. The van der Waals surface area contributed by atoms with Crippen LogP contribution in [-0.2, 0) is 14.8 Å². The number of carboxylic acids is 1. The normalized spacial score (nSPS) is 28.1. The molecular formula is C14H21F2NO4S. The Balaban J connectivity index is 2.10. The lowest BCUT2D eigenvalue weighted by Crippen LogP contribution is -2.48. The van der Waals surface area contributed by atoms with Crippen molar-refractivity contribution in [3.63, 3.8) is 0 Å². The molecule has 5 nitrogen and oxygen atoms in total. The van der Waals surface area contributed by atoms with Gasteiger partial charge < -0.3 is 5.11 Å². The van der Waals surface area contributed by atoms with E-state index >= 15 is 0 Å². The SMILES string of the molecule is O=C(O)[C@@H]1CC=CC[C@@H]1NS(=O)(=O)CC1(C(F)F)CCCC1. The van der Waals surface area contributed by atoms with E-state index in [1.807, 2.05) is 0 Å². The van der Waals surface area contributed by atoms with E-state index in [9.17, 15) is 22.0 Å². The van der Waals surface area contributed by atoms with Gasteiger partial charge in [-0.05, 0) is 25.7 Å². The smallest absolute Gasteiger partial charge is 0.308 e. The van der Waals surface area contributed by atoms with Gasteiger partial charge in [-0.1, -0.05) is 25.0 Å². The third-order valence-corrected chi connectivity index (χ3v) is 6.24. The molecule has 2 atom stereocenters. The van der Waals surface area contributed by atoms with Gasteiger partial charge in [-0.15, -0.1) is 0 Å². The first-order valence-corrected chi connectivity index (χ1v) is 9.07. The monoisotopic (exact) mass is 337 g/mol. The van der Waals surface area contributed by atoms with Gasteiger partial charge in [0.05, 0.1) is 11.7 Å². The molecule has 2 aliphatic rings. The highest BCUT2D eigenvalue weighted by Gasteiger charge is 2.46. The molecule has 2 N–H and O–H groups in total. The molecule has 0 unspecified atom stereocenters. The average molecular weight is 337 g/mol. The Morgan fingerprint density at radius 2 is 1.86 bits per heavy atom. The van der Waals surface area contributed by atoms with Gasteiger partial charge in [0, 0.05) is 11.5 Å². The molecule has 1 saturated carbocycles. The molecule has 0 aromatic carbocycles. The molecule has 1 fully saturated rings. The van der Waals surface area contributed by atoms with Crippen molar-refractivity contribution in [2.75, 3.05) is 5.75 Å². The number of rotatable bonds is 6. The topological polar surface area (TPSA) is 83.5 Å². The molecule has 22 heavy (non-hydrogen) atoms. The van der Waals surface area contributed by atoms with E-state index < -0.39 is 45.5 Å². The highest BCUT2D eigenvalue weighted by molar-refractivity contribution is 7.89. The van der Waals surface area contributed by atoms with Crippen LogP contribution in [-0.4, -0.2) is 37.7 Å². The summed E-state index contributed by atoms with van der Waals surface area (Å²) in [6.45, 7) is 0. The maximum atomic E-state index is 13.3. The quantitative estimate of drug-likeness (QED) is 0.728. The molecule has 0 radical (unpaired) electrons. The Morgan fingerprint density at radius 3 is 2.41 bits per heavy atom. The predicted octanol–water partition coefficient (Wildman–Crippen LogP) is 2.15. The lowest BCUT2D eigenvalue weighted by Gasteiger charge is -2.30. The van der Waals surface area contributed by atoms with Crippen molar-refractivity contribution in [3.8, 4) is 0 Å². The zero-order valence-electron chi connectivity index (χ0n) is 12.2. The van der Waals surface area contributed by atoms with Crippen LogP contribution >= 0.6 is 0 Å². The van der Waals surface area contributed by atoms with Crippen molar-refractivity contribution in [1.82, 2.24) is 4.72 Å². The fourth-order valence-electron chi connectivity index (χ4n) is 3.37. The Kier molecular flexibility index (Phi) is 5.21. The fraction of sp³-hybridized carbons (Fsp3) is 0.786. The standard InChI is InChI=1S/C14H21F2NO4S/c15-13(16)14(7-3-4-8-14)9-22(20,21)17-11-6-2-1-5-10(11)12(18)19/h1-2,10-11,13,17H,3-9H2,(H,18,19)/t10-,11+/m1/s1. The van der Waals surface area contributed by atoms with E-state index in [2.05, 4.69) is 4.72 Å². The van der Waals surface area contributed by atoms with Gasteiger partial charge in [0.2, 0.25) is 16.4 Å². The minimum Gasteiger partial charge on any atom is -0.481 e. The number of sulfonamides is 1. The summed E-state index contributed by atoms with van der Waals surface area (Å²) in [5, 5.41) is 9.14. The Morgan fingerprint density at radius 1 is 1.27 bits per heavy atom. The molecular weight excluding hydrogens is 316 g/mol. The molecule has 0 amide bonds. The summed E-state index contributed by atoms with van der Waals surface area (Å²) < 4.78 is 53.5. The maximum Gasteiger partial charge on any atom is 0.308 e. The van der Waals surface area contributed by atoms with Crippen molar-refractivity contribution in [2.24, 2.45) is 11.3 Å². The molecule has 0 spiro atoms. The molecule has 2 aliphatic carbocycles.